The van der Waals surface area contributed by atoms with Gasteiger partial charge in [-0.05, 0) is 60.8 Å². The van der Waals surface area contributed by atoms with Crippen LogP contribution >= 0.6 is 24.0 Å². The molecule has 1 heterocycles. The van der Waals surface area contributed by atoms with Gasteiger partial charge in [0.1, 0.15) is 5.82 Å². The van der Waals surface area contributed by atoms with Crippen LogP contribution in [0.2, 0.25) is 0 Å². The summed E-state index contributed by atoms with van der Waals surface area (Å²) >= 11 is 0. The van der Waals surface area contributed by atoms with Crippen molar-refractivity contribution in [1.29, 1.82) is 10.5 Å². The molecule has 9 nitrogen and oxygen atoms in total. The lowest BCUT2D eigenvalue weighted by Crippen LogP contribution is -2.05. The first-order valence-corrected chi connectivity index (χ1v) is 10.7. The minimum Gasteiger partial charge on any atom is -0.493 e. The number of rotatable bonds is 8. The molecule has 0 aliphatic rings. The molecule has 10 heteroatoms. The zero-order chi connectivity index (χ0) is 24.8. The number of nitriles is 2. The zero-order valence-electron chi connectivity index (χ0n) is 19.8. The van der Waals surface area contributed by atoms with Crippen molar-refractivity contribution >= 4 is 52.2 Å². The van der Waals surface area contributed by atoms with Crippen LogP contribution in [0.5, 0.6) is 23.1 Å². The van der Waals surface area contributed by atoms with Gasteiger partial charge in [0.25, 0.3) is 0 Å². The first-order valence-electron chi connectivity index (χ1n) is 10.7. The van der Waals surface area contributed by atoms with Gasteiger partial charge in [-0.15, -0.1) is 24.0 Å². The molecule has 4 aromatic rings. The van der Waals surface area contributed by atoms with E-state index in [0.717, 1.165) is 16.5 Å². The monoisotopic (exact) mass is 594 g/mol. The van der Waals surface area contributed by atoms with Crippen LogP contribution in [-0.2, 0) is 0 Å². The molecular formula is C26H23IN6O3. The Kier molecular flexibility index (Phi) is 8.71. The Bertz CT molecular complexity index is 1460. The first-order chi connectivity index (χ1) is 17.1. The van der Waals surface area contributed by atoms with Gasteiger partial charge in [0, 0.05) is 23.7 Å². The molecule has 3 aromatic carbocycles. The first kappa shape index (κ1) is 26.3. The average molecular weight is 594 g/mol. The summed E-state index contributed by atoms with van der Waals surface area (Å²) in [6.07, 6.45) is 0. The number of aromatic nitrogens is 2. The van der Waals surface area contributed by atoms with E-state index in [1.807, 2.05) is 6.92 Å². The van der Waals surface area contributed by atoms with Crippen molar-refractivity contribution in [3.05, 3.63) is 65.7 Å². The summed E-state index contributed by atoms with van der Waals surface area (Å²) < 4.78 is 17.5. The average Bonchev–Trinajstić information content (AvgIpc) is 2.88. The number of methoxy groups -OCH3 is 2. The molecule has 0 radical (unpaired) electrons. The number of fused-ring (bicyclic) bond motifs is 1. The largest absolute Gasteiger partial charge is 0.493 e. The van der Waals surface area contributed by atoms with Gasteiger partial charge in [-0.2, -0.15) is 20.5 Å². The summed E-state index contributed by atoms with van der Waals surface area (Å²) in [4.78, 5) is 8.99. The number of hydrogen-bond acceptors (Lipinski definition) is 9. The Labute approximate surface area is 225 Å². The Hall–Kier alpha value is -4.29. The summed E-state index contributed by atoms with van der Waals surface area (Å²) in [6, 6.07) is 19.9. The van der Waals surface area contributed by atoms with Crippen molar-refractivity contribution in [2.45, 2.75) is 6.92 Å². The highest BCUT2D eigenvalue weighted by Gasteiger charge is 2.19. The molecular weight excluding hydrogens is 571 g/mol. The molecule has 0 atom stereocenters. The Morgan fingerprint density at radius 1 is 0.861 bits per heavy atom. The molecule has 1 aromatic heterocycles. The van der Waals surface area contributed by atoms with E-state index < -0.39 is 0 Å². The summed E-state index contributed by atoms with van der Waals surface area (Å²) in [5.41, 5.74) is 1.80. The van der Waals surface area contributed by atoms with Crippen molar-refractivity contribution < 1.29 is 14.2 Å². The van der Waals surface area contributed by atoms with E-state index in [1.165, 1.54) is 7.11 Å². The number of benzene rings is 3. The lowest BCUT2D eigenvalue weighted by molar-refractivity contribution is 0.345. The molecule has 0 unspecified atom stereocenters. The maximum Gasteiger partial charge on any atom is 0.232 e. The van der Waals surface area contributed by atoms with Crippen molar-refractivity contribution in [2.75, 3.05) is 31.4 Å². The highest BCUT2D eigenvalue weighted by Crippen LogP contribution is 2.45. The van der Waals surface area contributed by atoms with E-state index in [4.69, 9.17) is 19.5 Å². The smallest absolute Gasteiger partial charge is 0.232 e. The quantitative estimate of drug-likeness (QED) is 0.237. The number of ether oxygens (including phenoxy) is 3. The summed E-state index contributed by atoms with van der Waals surface area (Å²) in [7, 11) is 3.07. The molecule has 0 aliphatic heterocycles. The molecule has 0 spiro atoms. The Balaban J connectivity index is 0.00000361. The lowest BCUT2D eigenvalue weighted by atomic mass is 10.1. The molecule has 4 rings (SSSR count). The van der Waals surface area contributed by atoms with E-state index in [0.29, 0.717) is 46.7 Å². The maximum atomic E-state index is 9.25. The predicted octanol–water partition coefficient (Wildman–Crippen LogP) is 5.98. The molecule has 36 heavy (non-hydrogen) atoms. The normalized spacial score (nSPS) is 9.92. The van der Waals surface area contributed by atoms with Gasteiger partial charge in [0.2, 0.25) is 17.6 Å². The zero-order valence-corrected chi connectivity index (χ0v) is 22.2. The molecule has 182 valence electrons. The molecule has 0 amide bonds. The third-order valence-corrected chi connectivity index (χ3v) is 5.10. The van der Waals surface area contributed by atoms with Crippen LogP contribution in [-0.4, -0.2) is 30.7 Å². The number of nitrogens with zero attached hydrogens (tertiary/aromatic N) is 4. The fourth-order valence-corrected chi connectivity index (χ4v) is 3.52. The minimum atomic E-state index is 0. The minimum absolute atomic E-state index is 0. The number of nitrogens with one attached hydrogen (secondary N) is 2. The predicted molar refractivity (Wildman–Crippen MR) is 148 cm³/mol. The third kappa shape index (κ3) is 5.67. The fraction of sp³-hybridized carbons (Fsp3) is 0.154. The highest BCUT2D eigenvalue weighted by molar-refractivity contribution is 14.0. The SMILES string of the molecule is CCNc1cc(Oc2c(OC)cc3cc(C#N)ccc3c2OC)nc(Nc2ccc(C#N)cc2)n1.I. The molecule has 0 aliphatic carbocycles. The lowest BCUT2D eigenvalue weighted by Gasteiger charge is -2.17. The third-order valence-electron chi connectivity index (χ3n) is 5.10. The summed E-state index contributed by atoms with van der Waals surface area (Å²) in [5, 5.41) is 26.1. The van der Waals surface area contributed by atoms with Gasteiger partial charge in [0.15, 0.2) is 11.5 Å². The van der Waals surface area contributed by atoms with Gasteiger partial charge in [0.05, 0.1) is 37.5 Å². The van der Waals surface area contributed by atoms with Gasteiger partial charge in [-0.3, -0.25) is 0 Å². The topological polar surface area (TPSA) is 125 Å². The van der Waals surface area contributed by atoms with E-state index >= 15 is 0 Å². The van der Waals surface area contributed by atoms with Crippen molar-refractivity contribution in [3.63, 3.8) is 0 Å². The highest BCUT2D eigenvalue weighted by atomic mass is 127. The molecule has 0 fully saturated rings. The van der Waals surface area contributed by atoms with Crippen LogP contribution in [0.1, 0.15) is 18.1 Å². The van der Waals surface area contributed by atoms with Gasteiger partial charge in [-0.1, -0.05) is 0 Å². The van der Waals surface area contributed by atoms with Gasteiger partial charge < -0.3 is 24.8 Å². The van der Waals surface area contributed by atoms with E-state index in [2.05, 4.69) is 32.7 Å². The molecule has 0 saturated heterocycles. The van der Waals surface area contributed by atoms with Crippen LogP contribution < -0.4 is 24.8 Å². The van der Waals surface area contributed by atoms with E-state index in [-0.39, 0.29) is 29.9 Å². The summed E-state index contributed by atoms with van der Waals surface area (Å²) in [5.74, 6) is 2.35. The van der Waals surface area contributed by atoms with Crippen LogP contribution in [0.25, 0.3) is 10.8 Å². The van der Waals surface area contributed by atoms with Crippen molar-refractivity contribution in [2.24, 2.45) is 0 Å². The van der Waals surface area contributed by atoms with Crippen LogP contribution in [0.3, 0.4) is 0 Å². The van der Waals surface area contributed by atoms with Gasteiger partial charge in [-0.25, -0.2) is 0 Å². The van der Waals surface area contributed by atoms with Gasteiger partial charge >= 0.3 is 0 Å². The summed E-state index contributed by atoms with van der Waals surface area (Å²) in [6.45, 7) is 2.61. The second-order valence-corrected chi connectivity index (χ2v) is 7.35. The standard InChI is InChI=1S/C26H22N6O3.HI/c1-4-29-22-13-23(32-26(31-22)30-19-8-5-16(14-27)6-9-19)35-25-21(33-2)12-18-11-17(15-28)7-10-20(18)24(25)34-3;/h5-13H,4H2,1-3H3,(H2,29,30,31,32);1H. The molecule has 0 saturated carbocycles. The van der Waals surface area contributed by atoms with Crippen LogP contribution in [0.4, 0.5) is 17.5 Å². The van der Waals surface area contributed by atoms with Crippen molar-refractivity contribution in [3.8, 4) is 35.3 Å². The second kappa shape index (κ2) is 11.9. The maximum absolute atomic E-state index is 9.25. The Morgan fingerprint density at radius 2 is 1.58 bits per heavy atom. The fourth-order valence-electron chi connectivity index (χ4n) is 3.52. The van der Waals surface area contributed by atoms with Crippen molar-refractivity contribution in [1.82, 2.24) is 9.97 Å². The molecule has 0 bridgehead atoms. The van der Waals surface area contributed by atoms with Crippen LogP contribution in [0, 0.1) is 22.7 Å². The van der Waals surface area contributed by atoms with E-state index in [9.17, 15) is 5.26 Å². The molecule has 2 N–H and O–H groups in total. The van der Waals surface area contributed by atoms with Crippen LogP contribution in [0.15, 0.2) is 54.6 Å². The number of hydrogen-bond donors (Lipinski definition) is 2. The Morgan fingerprint density at radius 3 is 2.22 bits per heavy atom. The van der Waals surface area contributed by atoms with E-state index in [1.54, 1.807) is 61.7 Å². The number of anilines is 3. The number of halogens is 1. The second-order valence-electron chi connectivity index (χ2n) is 7.35.